The molecule has 0 unspecified atom stereocenters. The maximum atomic E-state index is 12.4. The van der Waals surface area contributed by atoms with Gasteiger partial charge in [0.1, 0.15) is 22.7 Å². The highest BCUT2D eigenvalue weighted by Crippen LogP contribution is 2.43. The number of benzene rings is 1. The normalized spacial score (nSPS) is 19.5. The first kappa shape index (κ1) is 16.4. The van der Waals surface area contributed by atoms with Crippen molar-refractivity contribution in [3.05, 3.63) is 72.3 Å². The predicted octanol–water partition coefficient (Wildman–Crippen LogP) is 3.75. The number of hydrogen-bond acceptors (Lipinski definition) is 4. The molecule has 1 aromatic carbocycles. The Labute approximate surface area is 147 Å². The smallest absolute Gasteiger partial charge is 0.491 e. The fourth-order valence-electron chi connectivity index (χ4n) is 3.31. The van der Waals surface area contributed by atoms with Crippen molar-refractivity contribution < 1.29 is 22.6 Å². The quantitative estimate of drug-likeness (QED) is 0.713. The number of fused-ring (bicyclic) bond motifs is 1. The van der Waals surface area contributed by atoms with Gasteiger partial charge in [-0.1, -0.05) is 12.1 Å². The highest BCUT2D eigenvalue weighted by molar-refractivity contribution is 5.46. The molecule has 8 heteroatoms. The van der Waals surface area contributed by atoms with Gasteiger partial charge >= 0.3 is 6.36 Å². The first-order valence-corrected chi connectivity index (χ1v) is 7.94. The second-order valence-corrected chi connectivity index (χ2v) is 5.83. The Hall–Kier alpha value is -3.03. The molecule has 0 saturated carbocycles. The molecule has 4 rings (SSSR count). The molecule has 0 aliphatic carbocycles. The van der Waals surface area contributed by atoms with Crippen molar-refractivity contribution >= 4 is 0 Å². The number of nitrogens with zero attached hydrogens (tertiary/aromatic N) is 3. The molecule has 0 spiro atoms. The molecular formula is C18H14F3N3O2. The van der Waals surface area contributed by atoms with Crippen molar-refractivity contribution in [2.45, 2.75) is 18.3 Å². The Morgan fingerprint density at radius 2 is 1.88 bits per heavy atom. The Bertz CT molecular complexity index is 895. The summed E-state index contributed by atoms with van der Waals surface area (Å²) in [7, 11) is 0. The lowest BCUT2D eigenvalue weighted by Crippen LogP contribution is -2.42. The number of alkyl halides is 3. The fraction of sp³-hybridized carbons (Fsp3) is 0.222. The van der Waals surface area contributed by atoms with Crippen molar-refractivity contribution in [1.29, 1.82) is 0 Å². The van der Waals surface area contributed by atoms with Crippen LogP contribution in [-0.2, 0) is 5.54 Å². The van der Waals surface area contributed by atoms with Gasteiger partial charge < -0.3 is 9.47 Å². The SMILES string of the molecule is FC(F)(F)Oc1ccc([C@@]2(n3cccn3)CCOc3cccnc32)cc1. The minimum atomic E-state index is -4.73. The van der Waals surface area contributed by atoms with Crippen molar-refractivity contribution in [3.63, 3.8) is 0 Å². The van der Waals surface area contributed by atoms with Crippen LogP contribution in [0.3, 0.4) is 0 Å². The summed E-state index contributed by atoms with van der Waals surface area (Å²) >= 11 is 0. The second kappa shape index (κ2) is 6.05. The molecule has 2 aromatic heterocycles. The van der Waals surface area contributed by atoms with E-state index in [1.807, 2.05) is 12.3 Å². The monoisotopic (exact) mass is 361 g/mol. The molecule has 0 amide bonds. The van der Waals surface area contributed by atoms with Crippen molar-refractivity contribution in [2.75, 3.05) is 6.61 Å². The lowest BCUT2D eigenvalue weighted by Gasteiger charge is -2.38. The summed E-state index contributed by atoms with van der Waals surface area (Å²) in [6, 6.07) is 11.2. The topological polar surface area (TPSA) is 49.2 Å². The highest BCUT2D eigenvalue weighted by Gasteiger charge is 2.43. The lowest BCUT2D eigenvalue weighted by atomic mass is 9.81. The van der Waals surface area contributed by atoms with Crippen molar-refractivity contribution in [1.82, 2.24) is 14.8 Å². The van der Waals surface area contributed by atoms with Crippen LogP contribution in [0.4, 0.5) is 13.2 Å². The summed E-state index contributed by atoms with van der Waals surface area (Å²) in [5.41, 5.74) is 0.646. The van der Waals surface area contributed by atoms with Crippen LogP contribution in [0.1, 0.15) is 17.7 Å². The van der Waals surface area contributed by atoms with Gasteiger partial charge in [0.25, 0.3) is 0 Å². The molecule has 1 atom stereocenters. The predicted molar refractivity (Wildman–Crippen MR) is 85.9 cm³/mol. The van der Waals surface area contributed by atoms with Gasteiger partial charge in [0.05, 0.1) is 6.61 Å². The Morgan fingerprint density at radius 1 is 1.08 bits per heavy atom. The second-order valence-electron chi connectivity index (χ2n) is 5.83. The first-order chi connectivity index (χ1) is 12.5. The maximum Gasteiger partial charge on any atom is 0.573 e. The number of hydrogen-bond donors (Lipinski definition) is 0. The third kappa shape index (κ3) is 2.77. The molecular weight excluding hydrogens is 347 g/mol. The van der Waals surface area contributed by atoms with E-state index in [0.717, 1.165) is 5.56 Å². The van der Waals surface area contributed by atoms with E-state index < -0.39 is 11.9 Å². The molecule has 3 heterocycles. The standard InChI is InChI=1S/C18H14F3N3O2/c19-18(20,21)26-14-6-4-13(5-7-14)17(24-11-2-10-23-24)8-12-25-15-3-1-9-22-16(15)17/h1-7,9-11H,8,12H2/t17-/m0/s1. The first-order valence-electron chi connectivity index (χ1n) is 7.94. The summed E-state index contributed by atoms with van der Waals surface area (Å²) in [6.45, 7) is 0.430. The number of rotatable bonds is 3. The summed E-state index contributed by atoms with van der Waals surface area (Å²) in [6.07, 6.45) is 0.934. The van der Waals surface area contributed by atoms with Gasteiger partial charge in [-0.25, -0.2) is 0 Å². The van der Waals surface area contributed by atoms with E-state index in [-0.39, 0.29) is 5.75 Å². The van der Waals surface area contributed by atoms with Gasteiger partial charge in [0, 0.05) is 25.0 Å². The van der Waals surface area contributed by atoms with Gasteiger partial charge in [-0.2, -0.15) is 5.10 Å². The van der Waals surface area contributed by atoms with Crippen LogP contribution in [0.2, 0.25) is 0 Å². The van der Waals surface area contributed by atoms with E-state index in [1.54, 1.807) is 41.3 Å². The molecule has 0 radical (unpaired) electrons. The van der Waals surface area contributed by atoms with Crippen LogP contribution in [0, 0.1) is 0 Å². The average molecular weight is 361 g/mol. The molecule has 1 aliphatic rings. The minimum Gasteiger partial charge on any atom is -0.491 e. The summed E-state index contributed by atoms with van der Waals surface area (Å²) < 4.78 is 48.7. The zero-order valence-corrected chi connectivity index (χ0v) is 13.5. The molecule has 3 aromatic rings. The van der Waals surface area contributed by atoms with Gasteiger partial charge in [-0.3, -0.25) is 9.67 Å². The Morgan fingerprint density at radius 3 is 2.58 bits per heavy atom. The van der Waals surface area contributed by atoms with E-state index in [9.17, 15) is 13.2 Å². The largest absolute Gasteiger partial charge is 0.573 e. The van der Waals surface area contributed by atoms with E-state index in [4.69, 9.17) is 4.74 Å². The van der Waals surface area contributed by atoms with Crippen LogP contribution in [-0.4, -0.2) is 27.7 Å². The molecule has 1 aliphatic heterocycles. The zero-order chi connectivity index (χ0) is 18.2. The van der Waals surface area contributed by atoms with E-state index in [0.29, 0.717) is 24.5 Å². The van der Waals surface area contributed by atoms with Crippen LogP contribution in [0.25, 0.3) is 0 Å². The molecule has 0 N–H and O–H groups in total. The van der Waals surface area contributed by atoms with Crippen LogP contribution >= 0.6 is 0 Å². The summed E-state index contributed by atoms with van der Waals surface area (Å²) in [5.74, 6) is 0.357. The van der Waals surface area contributed by atoms with Crippen molar-refractivity contribution in [3.8, 4) is 11.5 Å². The third-order valence-electron chi connectivity index (χ3n) is 4.34. The van der Waals surface area contributed by atoms with E-state index >= 15 is 0 Å². The minimum absolute atomic E-state index is 0.273. The average Bonchev–Trinajstić information content (AvgIpc) is 3.15. The van der Waals surface area contributed by atoms with Crippen LogP contribution < -0.4 is 9.47 Å². The third-order valence-corrected chi connectivity index (χ3v) is 4.34. The van der Waals surface area contributed by atoms with E-state index in [1.165, 1.54) is 12.1 Å². The highest BCUT2D eigenvalue weighted by atomic mass is 19.4. The van der Waals surface area contributed by atoms with Gasteiger partial charge in [0.2, 0.25) is 0 Å². The number of aromatic nitrogens is 3. The fourth-order valence-corrected chi connectivity index (χ4v) is 3.31. The summed E-state index contributed by atoms with van der Waals surface area (Å²) in [5, 5.41) is 4.38. The molecule has 5 nitrogen and oxygen atoms in total. The van der Waals surface area contributed by atoms with Gasteiger partial charge in [0.15, 0.2) is 0 Å². The van der Waals surface area contributed by atoms with Crippen LogP contribution in [0.15, 0.2) is 61.1 Å². The number of pyridine rings is 1. The Balaban J connectivity index is 1.84. The molecule has 0 fully saturated rings. The number of ether oxygens (including phenoxy) is 2. The Kier molecular flexibility index (Phi) is 3.82. The van der Waals surface area contributed by atoms with Crippen molar-refractivity contribution in [2.24, 2.45) is 0 Å². The van der Waals surface area contributed by atoms with E-state index in [2.05, 4.69) is 14.8 Å². The lowest BCUT2D eigenvalue weighted by molar-refractivity contribution is -0.274. The van der Waals surface area contributed by atoms with Crippen LogP contribution in [0.5, 0.6) is 11.5 Å². The van der Waals surface area contributed by atoms with Gasteiger partial charge in [-0.05, 0) is 35.9 Å². The molecule has 26 heavy (non-hydrogen) atoms. The number of halogens is 3. The summed E-state index contributed by atoms with van der Waals surface area (Å²) in [4.78, 5) is 4.49. The maximum absolute atomic E-state index is 12.4. The van der Waals surface area contributed by atoms with Gasteiger partial charge in [-0.15, -0.1) is 13.2 Å². The zero-order valence-electron chi connectivity index (χ0n) is 13.5. The molecule has 0 bridgehead atoms. The molecule has 0 saturated heterocycles. The molecule has 134 valence electrons.